The second-order valence-electron chi connectivity index (χ2n) is 32.9. The van der Waals surface area contributed by atoms with Crippen LogP contribution >= 0.6 is 0 Å². The molecule has 26 nitrogen and oxygen atoms in total. The van der Waals surface area contributed by atoms with Crippen LogP contribution in [-0.4, -0.2) is 183 Å². The number of pyridine rings is 2. The van der Waals surface area contributed by atoms with E-state index in [-0.39, 0.29) is 62.4 Å². The maximum absolute atomic E-state index is 15.2. The zero-order chi connectivity index (χ0) is 95.3. The van der Waals surface area contributed by atoms with E-state index >= 15 is 9.59 Å². The molecule has 0 radical (unpaired) electrons. The minimum Gasteiger partial charge on any atom is -0.489 e. The molecule has 8 heterocycles. The zero-order valence-electron chi connectivity index (χ0n) is 81.8. The standard InChI is InChI=1S/2C42H56N4O9S/c2*1-25-9-7-8-10-27-22-42(27,40(50)44-56(51,52)29-11-12-29)23-35(47)34-20-28(24-46(34)39(49)32(26(2)19-25)21-36(48)55-41(3,4)5)54-38-31-13-14-33-37(30(31)15-16-43-38)53-18-17-45(33)6/h2*8,10,13-16,25-29,32,34H,7,9,11-12,17-24H2,1-6H3,(H,44,50)/b2*10-8-/t25-,26+,27+,28+,32-,34-,42+;25-,26-,27-,28-,32+,34+,42-/m01/s1/i2*3D3,4D3,5D3. The third kappa shape index (κ3) is 18.2. The number of Topliss-reactive ketones (excluding diaryl/α,β-unsaturated/α-hetero) is 2. The number of rotatable bonds is 14. The Morgan fingerprint density at radius 1 is 0.554 bits per heavy atom. The topological polar surface area (TPSA) is 323 Å². The van der Waals surface area contributed by atoms with Crippen molar-refractivity contribution in [1.82, 2.24) is 29.2 Å². The summed E-state index contributed by atoms with van der Waals surface area (Å²) in [6, 6.07) is 8.41. The molecule has 14 rings (SSSR count). The van der Waals surface area contributed by atoms with Crippen LogP contribution in [0.5, 0.6) is 23.3 Å². The zero-order valence-corrected chi connectivity index (χ0v) is 65.5. The lowest BCUT2D eigenvalue weighted by Crippen LogP contribution is -2.47. The number of allylic oxidation sites excluding steroid dienone is 4. The van der Waals surface area contributed by atoms with Crippen molar-refractivity contribution < 1.29 is 108 Å². The molecule has 112 heavy (non-hydrogen) atoms. The first-order valence-electron chi connectivity index (χ1n) is 47.8. The lowest BCUT2D eigenvalue weighted by molar-refractivity contribution is -0.160. The number of ether oxygens (including phenoxy) is 6. The normalized spacial score (nSPS) is 33.6. The van der Waals surface area contributed by atoms with Crippen LogP contribution in [0.15, 0.2) is 73.1 Å². The minimum atomic E-state index is -3.99. The highest BCUT2D eigenvalue weighted by atomic mass is 32.2. The van der Waals surface area contributed by atoms with Crippen molar-refractivity contribution >= 4 is 100 Å². The largest absolute Gasteiger partial charge is 0.489 e. The summed E-state index contributed by atoms with van der Waals surface area (Å²) in [4.78, 5) is 131. The van der Waals surface area contributed by atoms with Crippen molar-refractivity contribution in [2.24, 2.45) is 58.2 Å². The SMILES string of the molecule is [2H]C([2H])([2H])C(OC(=O)C[C@@H]1C(=O)N2C[C@H](Oc3nccc4c5c(ccc34)N(C)CCO5)C[C@H]2C(=O)C[C@]2(C(=O)NS(=O)(=O)C3CC3)C[C@H]2/C=C\CC[C@@H](C)C[C@H]1C)(C([2H])([2H])[2H])C([2H])([2H])[2H].[2H]C([2H])([2H])C(OC(=O)C[C@@H]1C(=O)N2C[C@H](Oc3nccc4c5c(ccc34)N(C)CCO5)C[C@H]2C(=O)C[C@]2(C(=O)NS(=O)(=O)C3CC3)C[C@H]2/C=C\CC[C@H](C)C[C@H]1C)(C([2H])([2H])[2H])C([2H])([2H])[2H]. The van der Waals surface area contributed by atoms with Gasteiger partial charge in [-0.3, -0.25) is 47.8 Å². The Morgan fingerprint density at radius 2 is 0.946 bits per heavy atom. The van der Waals surface area contributed by atoms with Crippen molar-refractivity contribution in [2.45, 2.75) is 230 Å². The molecule has 14 atom stereocenters. The molecule has 0 bridgehead atoms. The third-order valence-electron chi connectivity index (χ3n) is 24.0. The Kier molecular flexibility index (Phi) is 17.5. The number of likely N-dealkylation sites (N-methyl/N-ethyl adjacent to an activating group) is 2. The fourth-order valence-corrected chi connectivity index (χ4v) is 20.1. The molecule has 2 aromatic carbocycles. The molecule has 2 aromatic heterocycles. The predicted octanol–water partition coefficient (Wildman–Crippen LogP) is 10.7. The van der Waals surface area contributed by atoms with Gasteiger partial charge in [0.15, 0.2) is 23.1 Å². The van der Waals surface area contributed by atoms with Crippen molar-refractivity contribution in [2.75, 3.05) is 63.3 Å². The van der Waals surface area contributed by atoms with Crippen molar-refractivity contribution in [3.05, 3.63) is 73.1 Å². The Morgan fingerprint density at radius 3 is 1.32 bits per heavy atom. The van der Waals surface area contributed by atoms with Crippen molar-refractivity contribution in [3.8, 4) is 23.3 Å². The maximum atomic E-state index is 15.2. The van der Waals surface area contributed by atoms with Gasteiger partial charge in [-0.2, -0.15) is 0 Å². The van der Waals surface area contributed by atoms with E-state index in [9.17, 15) is 45.6 Å². The first-order valence-corrected chi connectivity index (χ1v) is 41.9. The summed E-state index contributed by atoms with van der Waals surface area (Å²) in [5.74, 6) is -11.0. The lowest BCUT2D eigenvalue weighted by Gasteiger charge is -2.32. The predicted molar refractivity (Wildman–Crippen MR) is 421 cm³/mol. The number of anilines is 2. The highest BCUT2D eigenvalue weighted by molar-refractivity contribution is 7.91. The van der Waals surface area contributed by atoms with E-state index in [0.29, 0.717) is 124 Å². The van der Waals surface area contributed by atoms with Crippen LogP contribution in [0.25, 0.3) is 21.5 Å². The monoisotopic (exact) mass is 1600 g/mol. The fourth-order valence-electron chi connectivity index (χ4n) is 17.4. The number of amides is 4. The summed E-state index contributed by atoms with van der Waals surface area (Å²) < 4.78 is 236. The van der Waals surface area contributed by atoms with Gasteiger partial charge in [0.25, 0.3) is 0 Å². The summed E-state index contributed by atoms with van der Waals surface area (Å²) in [7, 11) is -4.09. The molecule has 4 amide bonds. The smallest absolute Gasteiger partial charge is 0.307 e. The summed E-state index contributed by atoms with van der Waals surface area (Å²) >= 11 is 0. The maximum Gasteiger partial charge on any atom is 0.307 e. The molecule has 608 valence electrons. The van der Waals surface area contributed by atoms with Gasteiger partial charge in [-0.15, -0.1) is 0 Å². The van der Waals surface area contributed by atoms with Gasteiger partial charge in [-0.05, 0) is 190 Å². The van der Waals surface area contributed by atoms with Crippen LogP contribution in [0.2, 0.25) is 0 Å². The molecule has 0 spiro atoms. The molecule has 4 aromatic rings. The van der Waals surface area contributed by atoms with E-state index < -0.39 is 226 Å². The van der Waals surface area contributed by atoms with Gasteiger partial charge in [0.2, 0.25) is 55.4 Å². The molecule has 6 aliphatic heterocycles. The van der Waals surface area contributed by atoms with E-state index in [4.69, 9.17) is 53.1 Å². The highest BCUT2D eigenvalue weighted by Gasteiger charge is 2.64. The molecular weight excluding hydrogens is 1470 g/mol. The summed E-state index contributed by atoms with van der Waals surface area (Å²) in [5.41, 5.74) is -9.01. The van der Waals surface area contributed by atoms with Crippen LogP contribution in [0.4, 0.5) is 11.4 Å². The molecule has 10 aliphatic rings. The van der Waals surface area contributed by atoms with Gasteiger partial charge in [-0.25, -0.2) is 26.8 Å². The van der Waals surface area contributed by atoms with Crippen LogP contribution < -0.4 is 38.2 Å². The molecule has 6 fully saturated rings. The Hall–Kier alpha value is -8.40. The van der Waals surface area contributed by atoms with Crippen LogP contribution in [0.3, 0.4) is 0 Å². The highest BCUT2D eigenvalue weighted by Crippen LogP contribution is 2.59. The average Bonchev–Trinajstić information content (AvgIpc) is 1.06. The number of carbonyl (C=O) groups is 8. The van der Waals surface area contributed by atoms with E-state index in [1.54, 1.807) is 38.4 Å². The molecule has 4 aliphatic carbocycles. The van der Waals surface area contributed by atoms with Gasteiger partial charge in [-0.1, -0.05) is 52.0 Å². The average molecular weight is 1600 g/mol. The number of nitrogens with zero attached hydrogens (tertiary/aromatic N) is 6. The number of carbonyl (C=O) groups excluding carboxylic acids is 8. The first-order chi connectivity index (χ1) is 60.4. The van der Waals surface area contributed by atoms with E-state index in [1.807, 2.05) is 76.5 Å². The fraction of sp³-hybridized carbons (Fsp3) is 0.643. The number of aromatic nitrogens is 2. The minimum absolute atomic E-state index is 0.0905. The Labute approximate surface area is 683 Å². The number of sulfonamides is 2. The van der Waals surface area contributed by atoms with Gasteiger partial charge in [0.05, 0.1) is 95.6 Å². The molecule has 4 saturated carbocycles. The third-order valence-corrected chi connectivity index (χ3v) is 27.7. The van der Waals surface area contributed by atoms with Crippen LogP contribution in [0, 0.1) is 58.2 Å². The van der Waals surface area contributed by atoms with Crippen molar-refractivity contribution in [1.29, 1.82) is 0 Å². The van der Waals surface area contributed by atoms with Gasteiger partial charge >= 0.3 is 11.9 Å². The molecule has 2 N–H and O–H groups in total. The number of esters is 2. The van der Waals surface area contributed by atoms with E-state index in [0.717, 1.165) is 11.4 Å². The summed E-state index contributed by atoms with van der Waals surface area (Å²) in [5, 5.41) is 1.20. The molecule has 28 heteroatoms. The lowest BCUT2D eigenvalue weighted by atomic mass is 9.82. The molecule has 2 saturated heterocycles. The molecule has 0 unspecified atom stereocenters. The van der Waals surface area contributed by atoms with E-state index in [2.05, 4.69) is 29.2 Å². The number of nitrogens with one attached hydrogen (secondary N) is 2. The van der Waals surface area contributed by atoms with E-state index in [1.165, 1.54) is 9.80 Å². The second kappa shape index (κ2) is 32.1. The number of hydrogen-bond acceptors (Lipinski definition) is 22. The number of hydrogen-bond donors (Lipinski definition) is 2. The molecular formula is C84H112N8O18S2. The number of ketones is 2. The van der Waals surface area contributed by atoms with Gasteiger partial charge in [0, 0.05) is 98.4 Å². The second-order valence-corrected chi connectivity index (χ2v) is 36.8. The number of fused-ring (bicyclic) bond motifs is 10. The van der Waals surface area contributed by atoms with Gasteiger partial charge < -0.3 is 48.0 Å². The Balaban J connectivity index is 0.000000222. The first kappa shape index (κ1) is 61.1. The van der Waals surface area contributed by atoms with Gasteiger partial charge in [0.1, 0.15) is 36.6 Å². The quantitative estimate of drug-likeness (QED) is 0.0875. The van der Waals surface area contributed by atoms with Crippen LogP contribution in [0.1, 0.15) is 209 Å². The summed E-state index contributed by atoms with van der Waals surface area (Å²) in [6.07, 6.45) is 10.6. The summed E-state index contributed by atoms with van der Waals surface area (Å²) in [6.45, 7) is -14.1. The number of benzene rings is 2. The van der Waals surface area contributed by atoms with Crippen LogP contribution in [-0.2, 0) is 67.9 Å². The Bertz CT molecular complexity index is 4960. The van der Waals surface area contributed by atoms with Crippen molar-refractivity contribution in [3.63, 3.8) is 0 Å².